The molecule has 93 heavy (non-hydrogen) atoms. The minimum atomic E-state index is -2.18. The fourth-order valence-electron chi connectivity index (χ4n) is 11.6. The number of nitrogens with zero attached hydrogens (tertiary/aromatic N) is 8. The Morgan fingerprint density at radius 1 is 0.753 bits per heavy atom. The Bertz CT molecular complexity index is 2500. The van der Waals surface area contributed by atoms with Crippen molar-refractivity contribution < 1.29 is 66.0 Å². The molecule has 1 aromatic carbocycles. The Morgan fingerprint density at radius 3 is 1.86 bits per heavy atom. The van der Waals surface area contributed by atoms with Crippen molar-refractivity contribution in [2.24, 2.45) is 28.8 Å². The highest BCUT2D eigenvalue weighted by molar-refractivity contribution is 8.00. The Labute approximate surface area is 561 Å². The first-order valence-corrected chi connectivity index (χ1v) is 40.3. The number of ether oxygens (including phenoxy) is 8. The quantitative estimate of drug-likeness (QED) is 0.0111. The second-order valence-electron chi connectivity index (χ2n) is 26.0. The molecule has 0 spiro atoms. The molecule has 0 bridgehead atoms. The van der Waals surface area contributed by atoms with E-state index >= 15 is 0 Å². The molecule has 1 fully saturated rings. The first-order valence-electron chi connectivity index (χ1n) is 33.1. The third-order valence-corrected chi connectivity index (χ3v) is 26.2. The molecule has 25 nitrogen and oxygen atoms in total. The van der Waals surface area contributed by atoms with E-state index in [1.165, 1.54) is 0 Å². The zero-order chi connectivity index (χ0) is 68.9. The van der Waals surface area contributed by atoms with Gasteiger partial charge in [-0.2, -0.15) is 0 Å². The summed E-state index contributed by atoms with van der Waals surface area (Å²) in [4.78, 5) is 88.4. The Balaban J connectivity index is 1.49. The normalized spacial score (nSPS) is 16.3. The largest absolute Gasteiger partial charge is 0.455 e. The molecule has 0 radical (unpaired) electrons. The van der Waals surface area contributed by atoms with Crippen molar-refractivity contribution in [2.45, 2.75) is 173 Å². The molecule has 0 aliphatic carbocycles. The molecule has 1 unspecified atom stereocenters. The molecular weight excluding hydrogens is 1250 g/mol. The smallest absolute Gasteiger partial charge is 0.245 e. The van der Waals surface area contributed by atoms with Gasteiger partial charge in [0.25, 0.3) is 0 Å². The molecule has 3 N–H and O–H groups in total. The summed E-state index contributed by atoms with van der Waals surface area (Å²) in [5.74, 6) is -2.29. The highest BCUT2D eigenvalue weighted by Crippen LogP contribution is 2.31. The van der Waals surface area contributed by atoms with Crippen LogP contribution in [0.2, 0.25) is 32.2 Å². The summed E-state index contributed by atoms with van der Waals surface area (Å²) in [6, 6.07) is 7.38. The molecule has 1 aliphatic heterocycles. The number of hydrogen-bond donors (Lipinski definition) is 3. The lowest BCUT2D eigenvalue weighted by Crippen LogP contribution is -2.59. The standard InChI is InChI=1S/C65H115N11O14SSi2/c1-17-49(6)59(75(10)64(81)57(47(2)3)72-63(80)58(48(4)5)74(8)9)55(82-11)42-56(77)76-28-21-25-54(76)60(83-12)50(7)61(78)71-53(41-51-23-19-18-20-24-51)62(79)67-26-22-40-92(13,14)90-93(15,16)46-91-65-68-43-52(44-69-65)45-89-39-38-88-37-36-87-35-34-86-33-32-85-31-30-84-29-27-70-73-66/h18-20,23-24,43-44,47-50,53-55,57-60H,17,21-22,25-42,45-46H2,1-16H3,(H,67,79)(H,71,78)(H,72,80)/t49-,50+,53-,54-,55+,57-,58?,59-,60+/m0/s1. The number of methoxy groups -OCH3 is 2. The van der Waals surface area contributed by atoms with Crippen molar-refractivity contribution >= 4 is 57.9 Å². The second-order valence-corrected chi connectivity index (χ2v) is 36.1. The topological polar surface area (TPSA) is 289 Å². The lowest BCUT2D eigenvalue weighted by molar-refractivity contribution is -0.148. The number of benzene rings is 1. The van der Waals surface area contributed by atoms with E-state index in [0.717, 1.165) is 22.5 Å². The van der Waals surface area contributed by atoms with Crippen LogP contribution in [-0.2, 0) is 79.0 Å². The van der Waals surface area contributed by atoms with Crippen LogP contribution in [0.15, 0.2) is 53.0 Å². The van der Waals surface area contributed by atoms with E-state index in [1.54, 1.807) is 62.1 Å². The van der Waals surface area contributed by atoms with Gasteiger partial charge in [-0.15, -0.1) is 0 Å². The highest BCUT2D eigenvalue weighted by atomic mass is 32.2. The van der Waals surface area contributed by atoms with Crippen LogP contribution in [-0.4, -0.2) is 246 Å². The number of likely N-dealkylation sites (tertiary alicyclic amines) is 1. The van der Waals surface area contributed by atoms with Crippen LogP contribution < -0.4 is 16.0 Å². The molecular formula is C65H115N11O14SSi2. The molecule has 1 saturated heterocycles. The summed E-state index contributed by atoms with van der Waals surface area (Å²) in [6.07, 6.45) is 5.19. The molecule has 5 amide bonds. The minimum absolute atomic E-state index is 0.0165. The molecule has 0 saturated carbocycles. The van der Waals surface area contributed by atoms with Crippen molar-refractivity contribution in [2.75, 3.05) is 133 Å². The monoisotopic (exact) mass is 1360 g/mol. The van der Waals surface area contributed by atoms with Gasteiger partial charge in [0.05, 0.1) is 122 Å². The van der Waals surface area contributed by atoms with Crippen LogP contribution in [0, 0.1) is 23.7 Å². The van der Waals surface area contributed by atoms with E-state index < -0.39 is 65.0 Å². The maximum Gasteiger partial charge on any atom is 0.245 e. The molecule has 2 aromatic rings. The van der Waals surface area contributed by atoms with E-state index in [2.05, 4.69) is 62.1 Å². The average Bonchev–Trinajstić information content (AvgIpc) is 1.81. The minimum Gasteiger partial charge on any atom is -0.455 e. The predicted molar refractivity (Wildman–Crippen MR) is 366 cm³/mol. The van der Waals surface area contributed by atoms with Crippen LogP contribution >= 0.6 is 11.8 Å². The maximum atomic E-state index is 14.6. The van der Waals surface area contributed by atoms with Crippen molar-refractivity contribution in [3.8, 4) is 0 Å². The third kappa shape index (κ3) is 31.0. The summed E-state index contributed by atoms with van der Waals surface area (Å²) < 4.78 is 52.3. The van der Waals surface area contributed by atoms with Gasteiger partial charge in [0.2, 0.25) is 29.5 Å². The summed E-state index contributed by atoms with van der Waals surface area (Å²) >= 11 is 1.59. The number of carbonyl (C=O) groups excluding carboxylic acids is 5. The number of aromatic nitrogens is 2. The maximum absolute atomic E-state index is 14.6. The predicted octanol–water partition coefficient (Wildman–Crippen LogP) is 7.33. The first-order chi connectivity index (χ1) is 44.3. The van der Waals surface area contributed by atoms with Gasteiger partial charge < -0.3 is 67.8 Å². The lowest BCUT2D eigenvalue weighted by Gasteiger charge is -2.41. The van der Waals surface area contributed by atoms with E-state index in [0.29, 0.717) is 130 Å². The van der Waals surface area contributed by atoms with Crippen molar-refractivity contribution in [3.05, 3.63) is 64.3 Å². The summed E-state index contributed by atoms with van der Waals surface area (Å²) in [5, 5.41) is 14.1. The molecule has 9 atom stereocenters. The van der Waals surface area contributed by atoms with Crippen molar-refractivity contribution in [1.82, 2.24) is 40.6 Å². The van der Waals surface area contributed by atoms with Crippen LogP contribution in [0.4, 0.5) is 0 Å². The Hall–Kier alpha value is -4.66. The van der Waals surface area contributed by atoms with E-state index in [9.17, 15) is 24.0 Å². The fourth-order valence-corrected chi connectivity index (χ4v) is 22.0. The molecule has 3 rings (SSSR count). The average molecular weight is 1360 g/mol. The molecule has 1 aliphatic rings. The van der Waals surface area contributed by atoms with Gasteiger partial charge in [-0.05, 0) is 94.4 Å². The summed E-state index contributed by atoms with van der Waals surface area (Å²) in [5.41, 5.74) is 9.99. The lowest BCUT2D eigenvalue weighted by atomic mass is 9.89. The molecule has 1 aromatic heterocycles. The van der Waals surface area contributed by atoms with Crippen molar-refractivity contribution in [3.63, 3.8) is 0 Å². The number of azide groups is 1. The van der Waals surface area contributed by atoms with Gasteiger partial charge in [0.1, 0.15) is 12.1 Å². The zero-order valence-electron chi connectivity index (χ0n) is 58.9. The van der Waals surface area contributed by atoms with Crippen molar-refractivity contribution in [1.29, 1.82) is 0 Å². The number of rotatable bonds is 50. The number of carbonyl (C=O) groups is 5. The third-order valence-electron chi connectivity index (χ3n) is 16.4. The fraction of sp³-hybridized carbons (Fsp3) is 0.769. The molecule has 28 heteroatoms. The number of amides is 5. The Morgan fingerprint density at radius 2 is 1.33 bits per heavy atom. The van der Waals surface area contributed by atoms with Gasteiger partial charge in [-0.3, -0.25) is 28.9 Å². The second kappa shape index (κ2) is 45.0. The highest BCUT2D eigenvalue weighted by Gasteiger charge is 2.44. The van der Waals surface area contributed by atoms with Gasteiger partial charge in [-0.1, -0.05) is 102 Å². The summed E-state index contributed by atoms with van der Waals surface area (Å²) in [6.45, 7) is 28.9. The van der Waals surface area contributed by atoms with Gasteiger partial charge in [0.15, 0.2) is 21.8 Å². The number of likely N-dealkylation sites (N-methyl/N-ethyl adjacent to an activating group) is 2. The van der Waals surface area contributed by atoms with Gasteiger partial charge in [-0.25, -0.2) is 9.97 Å². The number of nitrogens with one attached hydrogen (secondary N) is 3. The molecule has 2 heterocycles. The first kappa shape index (κ1) is 82.6. The van der Waals surface area contributed by atoms with Crippen LogP contribution in [0.3, 0.4) is 0 Å². The van der Waals surface area contributed by atoms with Crippen LogP contribution in [0.1, 0.15) is 91.7 Å². The molecule has 528 valence electrons. The Kier molecular flexibility index (Phi) is 39.9. The van der Waals surface area contributed by atoms with E-state index in [4.69, 9.17) is 47.5 Å². The summed E-state index contributed by atoms with van der Waals surface area (Å²) in [7, 11) is 4.20. The zero-order valence-corrected chi connectivity index (χ0v) is 61.7. The number of thioether (sulfide) groups is 1. The van der Waals surface area contributed by atoms with E-state index in [1.807, 2.05) is 90.9 Å². The number of hydrogen-bond acceptors (Lipinski definition) is 19. The van der Waals surface area contributed by atoms with Crippen LogP contribution in [0.25, 0.3) is 10.4 Å². The SMILES string of the molecule is CC[C@H](C)[C@@H]([C@@H](CC(=O)N1CCC[C@H]1[C@H](OC)[C@@H](C)C(=O)N[C@@H](Cc1ccccc1)C(=O)NCCC[Si](C)(C)O[Si](C)(C)CSc1ncc(COCCOCCOCCOCCOCCOCCN=[N+]=[N-])cn1)OC)N(C)C(=O)[C@@H](NC(=O)C(C(C)C)N(C)C)C(C)C. The van der Waals surface area contributed by atoms with Crippen LogP contribution in [0.5, 0.6) is 0 Å². The van der Waals surface area contributed by atoms with Gasteiger partial charge in [0, 0.05) is 75.6 Å². The van der Waals surface area contributed by atoms with E-state index in [-0.39, 0.29) is 60.1 Å². The van der Waals surface area contributed by atoms with Gasteiger partial charge >= 0.3 is 0 Å².